The van der Waals surface area contributed by atoms with Crippen LogP contribution in [0.1, 0.15) is 33.6 Å². The van der Waals surface area contributed by atoms with Crippen LogP contribution in [0.15, 0.2) is 97.1 Å². The van der Waals surface area contributed by atoms with Crippen molar-refractivity contribution < 1.29 is 14.6 Å². The van der Waals surface area contributed by atoms with Crippen molar-refractivity contribution in [3.8, 4) is 5.75 Å². The molecule has 1 aromatic heterocycles. The van der Waals surface area contributed by atoms with Crippen molar-refractivity contribution in [2.45, 2.75) is 19.3 Å². The fraction of sp³-hybridized carbons (Fsp3) is 0.129. The SMILES string of the molecule is O=C(O)c1[nH]c2c(/C=C/Cc3ccccc3)cccc2c1CCCOc1cccc2ccccc12. The summed E-state index contributed by atoms with van der Waals surface area (Å²) in [6.45, 7) is 0.510. The number of fused-ring (bicyclic) bond motifs is 2. The van der Waals surface area contributed by atoms with Gasteiger partial charge in [-0.05, 0) is 47.4 Å². The van der Waals surface area contributed by atoms with Crippen LogP contribution in [0.2, 0.25) is 0 Å². The molecule has 35 heavy (non-hydrogen) atoms. The zero-order valence-corrected chi connectivity index (χ0v) is 19.4. The smallest absolute Gasteiger partial charge is 0.352 e. The minimum atomic E-state index is -0.939. The van der Waals surface area contributed by atoms with Crippen molar-refractivity contribution >= 4 is 33.7 Å². The number of carboxylic acid groups (broad SMARTS) is 1. The van der Waals surface area contributed by atoms with Crippen LogP contribution in [-0.4, -0.2) is 22.7 Å². The zero-order valence-electron chi connectivity index (χ0n) is 19.4. The van der Waals surface area contributed by atoms with E-state index < -0.39 is 5.97 Å². The van der Waals surface area contributed by atoms with Crippen LogP contribution >= 0.6 is 0 Å². The maximum atomic E-state index is 12.0. The van der Waals surface area contributed by atoms with Gasteiger partial charge in [0.25, 0.3) is 0 Å². The van der Waals surface area contributed by atoms with Gasteiger partial charge in [0.1, 0.15) is 11.4 Å². The maximum Gasteiger partial charge on any atom is 0.352 e. The van der Waals surface area contributed by atoms with Crippen LogP contribution < -0.4 is 4.74 Å². The largest absolute Gasteiger partial charge is 0.493 e. The average molecular weight is 462 g/mol. The second-order valence-electron chi connectivity index (χ2n) is 8.57. The van der Waals surface area contributed by atoms with E-state index in [4.69, 9.17) is 4.74 Å². The van der Waals surface area contributed by atoms with Gasteiger partial charge < -0.3 is 14.8 Å². The molecule has 1 heterocycles. The number of aromatic nitrogens is 1. The fourth-order valence-corrected chi connectivity index (χ4v) is 4.57. The summed E-state index contributed by atoms with van der Waals surface area (Å²) in [5.74, 6) is -0.0864. The Bertz CT molecular complexity index is 1490. The van der Waals surface area contributed by atoms with Crippen LogP contribution in [-0.2, 0) is 12.8 Å². The number of carbonyl (C=O) groups is 1. The molecule has 0 atom stereocenters. The second kappa shape index (κ2) is 10.3. The number of ether oxygens (including phenoxy) is 1. The van der Waals surface area contributed by atoms with Gasteiger partial charge in [0.05, 0.1) is 12.1 Å². The lowest BCUT2D eigenvalue weighted by Gasteiger charge is -2.09. The average Bonchev–Trinajstić information content (AvgIpc) is 3.27. The predicted octanol–water partition coefficient (Wildman–Crippen LogP) is 7.29. The third kappa shape index (κ3) is 4.97. The number of rotatable bonds is 9. The molecule has 0 fully saturated rings. The van der Waals surface area contributed by atoms with E-state index in [0.29, 0.717) is 19.4 Å². The predicted molar refractivity (Wildman–Crippen MR) is 142 cm³/mol. The third-order valence-corrected chi connectivity index (χ3v) is 6.26. The number of carboxylic acids is 1. The van der Waals surface area contributed by atoms with E-state index in [9.17, 15) is 9.90 Å². The number of hydrogen-bond donors (Lipinski definition) is 2. The van der Waals surface area contributed by atoms with Crippen LogP contribution in [0.25, 0.3) is 27.8 Å². The Labute approximate surface area is 204 Å². The summed E-state index contributed by atoms with van der Waals surface area (Å²) in [6.07, 6.45) is 6.32. The summed E-state index contributed by atoms with van der Waals surface area (Å²) < 4.78 is 6.08. The van der Waals surface area contributed by atoms with E-state index in [-0.39, 0.29) is 5.69 Å². The Kier molecular flexibility index (Phi) is 6.62. The highest BCUT2D eigenvalue weighted by molar-refractivity contribution is 6.00. The summed E-state index contributed by atoms with van der Waals surface area (Å²) >= 11 is 0. The number of H-pyrrole nitrogens is 1. The number of allylic oxidation sites excluding steroid dienone is 1. The van der Waals surface area contributed by atoms with Crippen LogP contribution in [0, 0.1) is 0 Å². The fourth-order valence-electron chi connectivity index (χ4n) is 4.57. The lowest BCUT2D eigenvalue weighted by molar-refractivity contribution is 0.0690. The topological polar surface area (TPSA) is 62.3 Å². The van der Waals surface area contributed by atoms with Gasteiger partial charge in [-0.25, -0.2) is 4.79 Å². The number of benzene rings is 4. The lowest BCUT2D eigenvalue weighted by Crippen LogP contribution is -2.04. The molecule has 0 aliphatic carbocycles. The second-order valence-corrected chi connectivity index (χ2v) is 8.57. The Balaban J connectivity index is 1.33. The van der Waals surface area contributed by atoms with Gasteiger partial charge in [0.2, 0.25) is 0 Å². The van der Waals surface area contributed by atoms with Crippen LogP contribution in [0.5, 0.6) is 5.75 Å². The molecule has 0 amide bonds. The molecule has 4 aromatic carbocycles. The van der Waals surface area contributed by atoms with Crippen molar-refractivity contribution in [2.24, 2.45) is 0 Å². The Morgan fingerprint density at radius 3 is 2.46 bits per heavy atom. The molecular formula is C31H27NO3. The van der Waals surface area contributed by atoms with E-state index in [1.807, 2.05) is 60.7 Å². The number of nitrogens with one attached hydrogen (secondary N) is 1. The molecule has 5 aromatic rings. The van der Waals surface area contributed by atoms with Gasteiger partial charge in [-0.2, -0.15) is 0 Å². The highest BCUT2D eigenvalue weighted by atomic mass is 16.5. The molecule has 174 valence electrons. The molecule has 0 radical (unpaired) electrons. The molecule has 0 unspecified atom stereocenters. The molecule has 4 heteroatoms. The van der Waals surface area contributed by atoms with Gasteiger partial charge in [-0.1, -0.05) is 97.1 Å². The normalized spacial score (nSPS) is 11.4. The van der Waals surface area contributed by atoms with Gasteiger partial charge in [0, 0.05) is 10.8 Å². The summed E-state index contributed by atoms with van der Waals surface area (Å²) in [5.41, 5.74) is 4.17. The van der Waals surface area contributed by atoms with Gasteiger partial charge >= 0.3 is 5.97 Å². The Morgan fingerprint density at radius 1 is 0.857 bits per heavy atom. The quantitative estimate of drug-likeness (QED) is 0.227. The van der Waals surface area contributed by atoms with Crippen molar-refractivity contribution in [1.82, 2.24) is 4.98 Å². The molecule has 0 spiro atoms. The van der Waals surface area contributed by atoms with E-state index in [0.717, 1.165) is 45.0 Å². The highest BCUT2D eigenvalue weighted by Gasteiger charge is 2.18. The first-order valence-electron chi connectivity index (χ1n) is 11.9. The molecular weight excluding hydrogens is 434 g/mol. The van der Waals surface area contributed by atoms with E-state index in [1.165, 1.54) is 5.56 Å². The maximum absolute atomic E-state index is 12.0. The number of aryl methyl sites for hydroxylation is 1. The van der Waals surface area contributed by atoms with E-state index in [1.54, 1.807) is 0 Å². The molecule has 2 N–H and O–H groups in total. The van der Waals surface area contributed by atoms with Crippen LogP contribution in [0.4, 0.5) is 0 Å². The van der Waals surface area contributed by atoms with E-state index in [2.05, 4.69) is 47.5 Å². The first-order chi connectivity index (χ1) is 17.2. The Hall–Kier alpha value is -4.31. The van der Waals surface area contributed by atoms with Gasteiger partial charge in [-0.3, -0.25) is 0 Å². The minimum Gasteiger partial charge on any atom is -0.493 e. The molecule has 0 aliphatic rings. The van der Waals surface area contributed by atoms with Crippen molar-refractivity contribution in [3.05, 3.63) is 119 Å². The summed E-state index contributed by atoms with van der Waals surface area (Å²) in [6, 6.07) is 30.4. The van der Waals surface area contributed by atoms with Crippen LogP contribution in [0.3, 0.4) is 0 Å². The first kappa shape index (κ1) is 22.5. The van der Waals surface area contributed by atoms with Crippen molar-refractivity contribution in [1.29, 1.82) is 0 Å². The van der Waals surface area contributed by atoms with Gasteiger partial charge in [0.15, 0.2) is 0 Å². The molecule has 4 nitrogen and oxygen atoms in total. The molecule has 5 rings (SSSR count). The van der Waals surface area contributed by atoms with E-state index >= 15 is 0 Å². The number of aromatic carboxylic acids is 1. The minimum absolute atomic E-state index is 0.258. The third-order valence-electron chi connectivity index (χ3n) is 6.26. The number of aromatic amines is 1. The molecule has 0 bridgehead atoms. The highest BCUT2D eigenvalue weighted by Crippen LogP contribution is 2.29. The standard InChI is InChI=1S/C31H27NO3/c33-31(34)30-27(19-9-21-35-28-20-8-14-23-13-4-5-17-25(23)28)26-18-7-16-24(29(26)32-30)15-6-12-22-10-2-1-3-11-22/h1-8,10-11,13-18,20,32H,9,12,19,21H2,(H,33,34)/b15-6+. The number of para-hydroxylation sites is 1. The molecule has 0 saturated heterocycles. The first-order valence-corrected chi connectivity index (χ1v) is 11.9. The Morgan fingerprint density at radius 2 is 1.60 bits per heavy atom. The summed E-state index contributed by atoms with van der Waals surface area (Å²) in [7, 11) is 0. The molecule has 0 aliphatic heterocycles. The number of hydrogen-bond acceptors (Lipinski definition) is 2. The molecule has 0 saturated carbocycles. The summed E-state index contributed by atoms with van der Waals surface area (Å²) in [5, 5.41) is 13.0. The van der Waals surface area contributed by atoms with Gasteiger partial charge in [-0.15, -0.1) is 0 Å². The monoisotopic (exact) mass is 461 g/mol. The van der Waals surface area contributed by atoms with Crippen molar-refractivity contribution in [2.75, 3.05) is 6.61 Å². The van der Waals surface area contributed by atoms with Crippen molar-refractivity contribution in [3.63, 3.8) is 0 Å². The lowest BCUT2D eigenvalue weighted by atomic mass is 10.0. The zero-order chi connectivity index (χ0) is 24.0. The summed E-state index contributed by atoms with van der Waals surface area (Å²) in [4.78, 5) is 15.2.